The first-order valence-corrected chi connectivity index (χ1v) is 9.21. The van der Waals surface area contributed by atoms with Gasteiger partial charge >= 0.3 is 0 Å². The number of allylic oxidation sites excluding steroid dienone is 1. The Kier molecular flexibility index (Phi) is 4.98. The molecule has 2 aliphatic rings. The van der Waals surface area contributed by atoms with E-state index in [1.807, 2.05) is 0 Å². The van der Waals surface area contributed by atoms with E-state index in [1.165, 1.54) is 4.90 Å². The molecule has 0 fully saturated rings. The topological polar surface area (TPSA) is 62.1 Å². The van der Waals surface area contributed by atoms with Gasteiger partial charge in [0.05, 0.1) is 22.9 Å². The fourth-order valence-corrected chi connectivity index (χ4v) is 3.50. The number of rotatable bonds is 3. The van der Waals surface area contributed by atoms with Crippen LogP contribution in [0.25, 0.3) is 0 Å². The zero-order valence-corrected chi connectivity index (χ0v) is 14.8. The molecule has 0 unspecified atom stereocenters. The molecule has 1 aromatic carbocycles. The highest BCUT2D eigenvalue weighted by Crippen LogP contribution is 2.22. The van der Waals surface area contributed by atoms with E-state index in [1.54, 1.807) is 30.5 Å². The minimum atomic E-state index is -0.560. The number of carbonyl (C=O) groups excluding carboxylic acids is 2. The lowest BCUT2D eigenvalue weighted by molar-refractivity contribution is 0.0653. The van der Waals surface area contributed by atoms with E-state index in [0.29, 0.717) is 41.3 Å². The largest absolute Gasteiger partial charge is 0.274 e. The molecule has 7 heteroatoms. The number of hydrogen-bond donors (Lipinski definition) is 0. The van der Waals surface area contributed by atoms with Crippen molar-refractivity contribution in [2.75, 3.05) is 6.54 Å². The van der Waals surface area contributed by atoms with Crippen LogP contribution in [0.5, 0.6) is 0 Å². The number of amides is 2. The van der Waals surface area contributed by atoms with Crippen LogP contribution in [0.2, 0.25) is 0 Å². The molecule has 2 aliphatic heterocycles. The number of hydrogen-bond acceptors (Lipinski definition) is 4. The van der Waals surface area contributed by atoms with Crippen LogP contribution in [0.3, 0.4) is 0 Å². The van der Waals surface area contributed by atoms with E-state index in [-0.39, 0.29) is 11.8 Å². The molecular weight excluding hydrogens is 429 g/mol. The van der Waals surface area contributed by atoms with Crippen LogP contribution in [-0.4, -0.2) is 28.4 Å². The highest BCUT2D eigenvalue weighted by atomic mass is 127. The smallest absolute Gasteiger partial charge is 0.261 e. The summed E-state index contributed by atoms with van der Waals surface area (Å²) in [6.07, 6.45) is 2.83. The molecule has 0 radical (unpaired) electrons. The van der Waals surface area contributed by atoms with Gasteiger partial charge in [-0.25, -0.2) is 3.15 Å². The van der Waals surface area contributed by atoms with Gasteiger partial charge in [0.15, 0.2) is 5.17 Å². The third-order valence-electron chi connectivity index (χ3n) is 3.34. The number of imide groups is 1. The zero-order chi connectivity index (χ0) is 16.2. The summed E-state index contributed by atoms with van der Waals surface area (Å²) in [4.78, 5) is 25.6. The summed E-state index contributed by atoms with van der Waals surface area (Å²) in [5, 5.41) is 0.417. The Morgan fingerprint density at radius 3 is 2.52 bits per heavy atom. The Morgan fingerprint density at radius 2 is 1.87 bits per heavy atom. The standard InChI is InChI=1S/C16H11ClIN3O2/c17-14-11(10-19-18-20-14)6-2-1-5-9-21-15(22)12-7-3-4-8-13(12)16(21)23/h3-4,7-8,10H,1,5,9H2. The summed E-state index contributed by atoms with van der Waals surface area (Å²) >= 11 is 5.38. The van der Waals surface area contributed by atoms with Crippen molar-refractivity contribution < 1.29 is 9.59 Å². The first-order chi connectivity index (χ1) is 11.2. The molecule has 0 saturated heterocycles. The Labute approximate surface area is 148 Å². The fourth-order valence-electron chi connectivity index (χ4n) is 2.23. The van der Waals surface area contributed by atoms with Crippen molar-refractivity contribution in [3.05, 3.63) is 47.2 Å². The predicted octanol–water partition coefficient (Wildman–Crippen LogP) is 3.67. The van der Waals surface area contributed by atoms with Crippen LogP contribution in [0.1, 0.15) is 33.6 Å². The van der Waals surface area contributed by atoms with E-state index in [0.717, 1.165) is 0 Å². The Bertz CT molecular complexity index is 798. The molecule has 2 amide bonds. The SMILES string of the molecule is O=C1c2ccccc2C(=O)N1CCCC#CC1=CN=IN=C1Cl. The van der Waals surface area contributed by atoms with Gasteiger partial charge in [0.25, 0.3) is 11.8 Å². The van der Waals surface area contributed by atoms with Gasteiger partial charge in [-0.3, -0.25) is 14.5 Å². The maximum atomic E-state index is 12.2. The lowest BCUT2D eigenvalue weighted by Crippen LogP contribution is -2.30. The van der Waals surface area contributed by atoms with Crippen LogP contribution in [0, 0.1) is 11.8 Å². The molecule has 5 nitrogen and oxygen atoms in total. The second-order valence-corrected chi connectivity index (χ2v) is 6.63. The molecule has 23 heavy (non-hydrogen) atoms. The van der Waals surface area contributed by atoms with Gasteiger partial charge in [-0.1, -0.05) is 35.6 Å². The van der Waals surface area contributed by atoms with Crippen molar-refractivity contribution >= 4 is 49.9 Å². The lowest BCUT2D eigenvalue weighted by Gasteiger charge is -2.12. The average molecular weight is 440 g/mol. The Hall–Kier alpha value is -1.85. The highest BCUT2D eigenvalue weighted by Gasteiger charge is 2.34. The molecule has 0 N–H and O–H groups in total. The van der Waals surface area contributed by atoms with Gasteiger partial charge in [0.1, 0.15) is 21.3 Å². The summed E-state index contributed by atoms with van der Waals surface area (Å²) in [5.41, 5.74) is 1.58. The fraction of sp³-hybridized carbons (Fsp3) is 0.188. The lowest BCUT2D eigenvalue weighted by atomic mass is 10.1. The average Bonchev–Trinajstić information content (AvgIpc) is 2.81. The van der Waals surface area contributed by atoms with Gasteiger partial charge in [0.2, 0.25) is 0 Å². The third-order valence-corrected chi connectivity index (χ3v) is 5.14. The first kappa shape index (κ1) is 16.0. The monoisotopic (exact) mass is 439 g/mol. The zero-order valence-electron chi connectivity index (χ0n) is 11.9. The first-order valence-electron chi connectivity index (χ1n) is 6.90. The van der Waals surface area contributed by atoms with E-state index in [2.05, 4.69) is 18.2 Å². The molecule has 1 aromatic rings. The molecule has 0 atom stereocenters. The Morgan fingerprint density at radius 1 is 1.17 bits per heavy atom. The van der Waals surface area contributed by atoms with Gasteiger partial charge in [-0.15, -0.1) is 0 Å². The van der Waals surface area contributed by atoms with E-state index in [4.69, 9.17) is 11.6 Å². The van der Waals surface area contributed by atoms with E-state index < -0.39 is 21.3 Å². The maximum absolute atomic E-state index is 12.2. The predicted molar refractivity (Wildman–Crippen MR) is 96.6 cm³/mol. The highest BCUT2D eigenvalue weighted by molar-refractivity contribution is 14.1. The molecule has 116 valence electrons. The van der Waals surface area contributed by atoms with Crippen molar-refractivity contribution in [3.8, 4) is 11.8 Å². The molecule has 0 spiro atoms. The summed E-state index contributed by atoms with van der Waals surface area (Å²) in [6.45, 7) is 0.359. The van der Waals surface area contributed by atoms with Crippen LogP contribution in [0.4, 0.5) is 0 Å². The van der Waals surface area contributed by atoms with Crippen molar-refractivity contribution in [2.45, 2.75) is 12.8 Å². The van der Waals surface area contributed by atoms with Crippen LogP contribution >= 0.6 is 32.9 Å². The number of unbranched alkanes of at least 4 members (excludes halogenated alkanes) is 1. The van der Waals surface area contributed by atoms with Crippen LogP contribution in [0.15, 0.2) is 42.4 Å². The third kappa shape index (κ3) is 3.41. The second kappa shape index (κ2) is 7.15. The summed E-state index contributed by atoms with van der Waals surface area (Å²) in [7, 11) is 0. The number of carbonyl (C=O) groups is 2. The van der Waals surface area contributed by atoms with Gasteiger partial charge in [0, 0.05) is 13.0 Å². The molecule has 3 rings (SSSR count). The summed E-state index contributed by atoms with van der Waals surface area (Å²) in [5.74, 6) is 5.44. The minimum Gasteiger partial charge on any atom is -0.274 e. The van der Waals surface area contributed by atoms with Crippen molar-refractivity contribution in [2.24, 2.45) is 6.35 Å². The number of halogens is 2. The molecule has 0 saturated carbocycles. The van der Waals surface area contributed by atoms with Crippen molar-refractivity contribution in [1.82, 2.24) is 4.90 Å². The van der Waals surface area contributed by atoms with Crippen LogP contribution < -0.4 is 0 Å². The van der Waals surface area contributed by atoms with Gasteiger partial charge in [-0.05, 0) is 18.6 Å². The maximum Gasteiger partial charge on any atom is 0.261 e. The molecule has 0 aromatic heterocycles. The van der Waals surface area contributed by atoms with Gasteiger partial charge in [-0.2, -0.15) is 3.21 Å². The molecular formula is C16H11ClIN3O2. The van der Waals surface area contributed by atoms with Crippen LogP contribution in [-0.2, 0) is 0 Å². The number of nitrogens with zero attached hydrogens (tertiary/aromatic N) is 3. The summed E-state index contributed by atoms with van der Waals surface area (Å²) in [6, 6.07) is 6.88. The van der Waals surface area contributed by atoms with Gasteiger partial charge < -0.3 is 0 Å². The second-order valence-electron chi connectivity index (χ2n) is 4.80. The number of fused-ring (bicyclic) bond motifs is 1. The number of benzene rings is 1. The molecule has 0 bridgehead atoms. The molecule has 0 aliphatic carbocycles. The van der Waals surface area contributed by atoms with Crippen molar-refractivity contribution in [3.63, 3.8) is 0 Å². The summed E-state index contributed by atoms with van der Waals surface area (Å²) < 4.78 is 8.16. The normalized spacial score (nSPS) is 16.1. The van der Waals surface area contributed by atoms with Crippen molar-refractivity contribution in [1.29, 1.82) is 0 Å². The van der Waals surface area contributed by atoms with E-state index >= 15 is 0 Å². The molecule has 2 heterocycles. The quantitative estimate of drug-likeness (QED) is 0.312. The Balaban J connectivity index is 1.56. The van der Waals surface area contributed by atoms with E-state index in [9.17, 15) is 9.59 Å². The minimum absolute atomic E-state index is 0.230.